The molecule has 2 N–H and O–H groups in total. The fourth-order valence-corrected chi connectivity index (χ4v) is 3.47. The van der Waals surface area contributed by atoms with Crippen LogP contribution in [0.5, 0.6) is 0 Å². The lowest BCUT2D eigenvalue weighted by molar-refractivity contribution is 0.143. The molecule has 2 nitrogen and oxygen atoms in total. The number of aliphatic hydroxyl groups excluding tert-OH is 1. The van der Waals surface area contributed by atoms with Gasteiger partial charge < -0.3 is 10.4 Å². The highest BCUT2D eigenvalue weighted by Crippen LogP contribution is 2.30. The van der Waals surface area contributed by atoms with E-state index >= 15 is 0 Å². The standard InChI is InChI=1S/C18H20BrNO/c19-17-7-6-15-8-9-18(13-21,11-16(15)10-17)20-12-14-4-2-1-3-5-14/h1-7,10,20-21H,8-9,11-13H2/t18-/m0/s1. The number of rotatable bonds is 4. The first-order chi connectivity index (χ1) is 10.2. The zero-order valence-corrected chi connectivity index (χ0v) is 13.6. The van der Waals surface area contributed by atoms with Crippen LogP contribution in [-0.2, 0) is 19.4 Å². The minimum atomic E-state index is -0.205. The van der Waals surface area contributed by atoms with Crippen molar-refractivity contribution >= 4 is 15.9 Å². The first-order valence-electron chi connectivity index (χ1n) is 7.38. The first-order valence-corrected chi connectivity index (χ1v) is 8.17. The molecule has 0 spiro atoms. The molecule has 3 rings (SSSR count). The average molecular weight is 346 g/mol. The Balaban J connectivity index is 1.76. The van der Waals surface area contributed by atoms with Crippen LogP contribution in [0.3, 0.4) is 0 Å². The van der Waals surface area contributed by atoms with Crippen molar-refractivity contribution in [3.63, 3.8) is 0 Å². The Hall–Kier alpha value is -1.16. The molecular weight excluding hydrogens is 326 g/mol. The molecular formula is C18H20BrNO. The summed E-state index contributed by atoms with van der Waals surface area (Å²) in [7, 11) is 0. The third-order valence-electron chi connectivity index (χ3n) is 4.38. The summed E-state index contributed by atoms with van der Waals surface area (Å²) in [6, 6.07) is 16.8. The number of aliphatic hydroxyl groups is 1. The van der Waals surface area contributed by atoms with Crippen LogP contribution in [0, 0.1) is 0 Å². The van der Waals surface area contributed by atoms with Crippen LogP contribution in [0.1, 0.15) is 23.1 Å². The lowest BCUT2D eigenvalue weighted by Gasteiger charge is -2.38. The van der Waals surface area contributed by atoms with E-state index in [1.54, 1.807) is 0 Å². The van der Waals surface area contributed by atoms with Crippen molar-refractivity contribution in [1.82, 2.24) is 5.32 Å². The van der Waals surface area contributed by atoms with Gasteiger partial charge in [0.05, 0.1) is 6.61 Å². The average Bonchev–Trinajstić information content (AvgIpc) is 2.53. The summed E-state index contributed by atoms with van der Waals surface area (Å²) in [4.78, 5) is 0. The van der Waals surface area contributed by atoms with Crippen LogP contribution in [0.4, 0.5) is 0 Å². The van der Waals surface area contributed by atoms with Crippen molar-refractivity contribution in [2.24, 2.45) is 0 Å². The van der Waals surface area contributed by atoms with Gasteiger partial charge in [0.1, 0.15) is 0 Å². The number of fused-ring (bicyclic) bond motifs is 1. The van der Waals surface area contributed by atoms with Crippen molar-refractivity contribution in [3.05, 3.63) is 69.7 Å². The molecule has 0 aliphatic heterocycles. The molecule has 1 aliphatic rings. The van der Waals surface area contributed by atoms with E-state index in [0.717, 1.165) is 30.3 Å². The number of benzene rings is 2. The lowest BCUT2D eigenvalue weighted by Crippen LogP contribution is -2.52. The van der Waals surface area contributed by atoms with Crippen LogP contribution < -0.4 is 5.32 Å². The van der Waals surface area contributed by atoms with Crippen molar-refractivity contribution in [3.8, 4) is 0 Å². The number of hydrogen-bond donors (Lipinski definition) is 2. The van der Waals surface area contributed by atoms with Crippen LogP contribution in [-0.4, -0.2) is 17.3 Å². The number of hydrogen-bond acceptors (Lipinski definition) is 2. The highest BCUT2D eigenvalue weighted by molar-refractivity contribution is 9.10. The van der Waals surface area contributed by atoms with Crippen molar-refractivity contribution < 1.29 is 5.11 Å². The summed E-state index contributed by atoms with van der Waals surface area (Å²) in [6.07, 6.45) is 2.88. The minimum absolute atomic E-state index is 0.172. The maximum Gasteiger partial charge on any atom is 0.0616 e. The van der Waals surface area contributed by atoms with Crippen LogP contribution in [0.15, 0.2) is 53.0 Å². The highest BCUT2D eigenvalue weighted by Gasteiger charge is 2.33. The molecule has 0 fully saturated rings. The maximum absolute atomic E-state index is 9.94. The van der Waals surface area contributed by atoms with E-state index in [0.29, 0.717) is 0 Å². The predicted octanol–water partition coefficient (Wildman–Crippen LogP) is 3.46. The number of nitrogens with one attached hydrogen (secondary N) is 1. The molecule has 21 heavy (non-hydrogen) atoms. The Labute approximate surface area is 134 Å². The van der Waals surface area contributed by atoms with Gasteiger partial charge in [-0.05, 0) is 48.1 Å². The Bertz CT molecular complexity index is 614. The van der Waals surface area contributed by atoms with Crippen LogP contribution in [0.25, 0.3) is 0 Å². The summed E-state index contributed by atoms with van der Waals surface area (Å²) in [6.45, 7) is 0.969. The second-order valence-corrected chi connectivity index (χ2v) is 6.78. The molecule has 0 bridgehead atoms. The Morgan fingerprint density at radius 3 is 2.67 bits per heavy atom. The third kappa shape index (κ3) is 3.37. The quantitative estimate of drug-likeness (QED) is 0.889. The molecule has 0 saturated heterocycles. The van der Waals surface area contributed by atoms with E-state index in [-0.39, 0.29) is 12.1 Å². The predicted molar refractivity (Wildman–Crippen MR) is 89.3 cm³/mol. The number of aryl methyl sites for hydroxylation is 1. The molecule has 1 atom stereocenters. The fraction of sp³-hybridized carbons (Fsp3) is 0.333. The van der Waals surface area contributed by atoms with E-state index in [9.17, 15) is 5.11 Å². The molecule has 2 aromatic carbocycles. The van der Waals surface area contributed by atoms with Gasteiger partial charge in [0.25, 0.3) is 0 Å². The second-order valence-electron chi connectivity index (χ2n) is 5.87. The zero-order valence-electron chi connectivity index (χ0n) is 12.0. The van der Waals surface area contributed by atoms with Gasteiger partial charge in [-0.15, -0.1) is 0 Å². The van der Waals surface area contributed by atoms with Gasteiger partial charge in [-0.3, -0.25) is 0 Å². The van der Waals surface area contributed by atoms with Gasteiger partial charge >= 0.3 is 0 Å². The monoisotopic (exact) mass is 345 g/mol. The van der Waals surface area contributed by atoms with E-state index < -0.39 is 0 Å². The summed E-state index contributed by atoms with van der Waals surface area (Å²) in [5.41, 5.74) is 3.79. The molecule has 0 saturated carbocycles. The number of halogens is 1. The van der Waals surface area contributed by atoms with Gasteiger partial charge in [-0.1, -0.05) is 52.3 Å². The van der Waals surface area contributed by atoms with Gasteiger partial charge in [-0.25, -0.2) is 0 Å². The van der Waals surface area contributed by atoms with E-state index in [4.69, 9.17) is 0 Å². The van der Waals surface area contributed by atoms with E-state index in [2.05, 4.69) is 63.7 Å². The van der Waals surface area contributed by atoms with Crippen molar-refractivity contribution in [2.45, 2.75) is 31.3 Å². The fourth-order valence-electron chi connectivity index (χ4n) is 3.06. The minimum Gasteiger partial charge on any atom is -0.394 e. The lowest BCUT2D eigenvalue weighted by atomic mass is 9.78. The zero-order chi connectivity index (χ0) is 14.7. The molecule has 110 valence electrons. The molecule has 0 radical (unpaired) electrons. The highest BCUT2D eigenvalue weighted by atomic mass is 79.9. The molecule has 0 amide bonds. The van der Waals surface area contributed by atoms with Gasteiger partial charge in [0.15, 0.2) is 0 Å². The van der Waals surface area contributed by atoms with Gasteiger partial charge in [0, 0.05) is 16.6 Å². The largest absolute Gasteiger partial charge is 0.394 e. The second kappa shape index (κ2) is 6.30. The molecule has 2 aromatic rings. The SMILES string of the molecule is OC[C@]1(NCc2ccccc2)CCc2ccc(Br)cc2C1. The molecule has 1 aliphatic carbocycles. The van der Waals surface area contributed by atoms with Crippen LogP contribution >= 0.6 is 15.9 Å². The van der Waals surface area contributed by atoms with Gasteiger partial charge in [0.2, 0.25) is 0 Å². The summed E-state index contributed by atoms with van der Waals surface area (Å²) < 4.78 is 1.11. The Morgan fingerprint density at radius 1 is 1.10 bits per heavy atom. The molecule has 0 aromatic heterocycles. The topological polar surface area (TPSA) is 32.3 Å². The van der Waals surface area contributed by atoms with Gasteiger partial charge in [-0.2, -0.15) is 0 Å². The molecule has 3 heteroatoms. The van der Waals surface area contributed by atoms with Crippen molar-refractivity contribution in [2.75, 3.05) is 6.61 Å². The molecule has 0 heterocycles. The summed E-state index contributed by atoms with van der Waals surface area (Å²) in [5.74, 6) is 0. The third-order valence-corrected chi connectivity index (χ3v) is 4.88. The smallest absolute Gasteiger partial charge is 0.0616 e. The Kier molecular flexibility index (Phi) is 4.43. The van der Waals surface area contributed by atoms with Crippen LogP contribution in [0.2, 0.25) is 0 Å². The summed E-state index contributed by atoms with van der Waals surface area (Å²) >= 11 is 3.54. The summed E-state index contributed by atoms with van der Waals surface area (Å²) in [5, 5.41) is 13.5. The molecule has 0 unspecified atom stereocenters. The van der Waals surface area contributed by atoms with Crippen molar-refractivity contribution in [1.29, 1.82) is 0 Å². The first kappa shape index (κ1) is 14.8. The van der Waals surface area contributed by atoms with E-state index in [1.807, 2.05) is 6.07 Å². The Morgan fingerprint density at radius 2 is 1.90 bits per heavy atom. The van der Waals surface area contributed by atoms with E-state index in [1.165, 1.54) is 16.7 Å². The normalized spacial score (nSPS) is 21.0. The maximum atomic E-state index is 9.94.